The van der Waals surface area contributed by atoms with Gasteiger partial charge in [-0.05, 0) is 49.4 Å². The Morgan fingerprint density at radius 3 is 2.83 bits per heavy atom. The summed E-state index contributed by atoms with van der Waals surface area (Å²) in [5.74, 6) is 0.764. The Labute approximate surface area is 179 Å². The van der Waals surface area contributed by atoms with Crippen molar-refractivity contribution in [2.75, 3.05) is 11.1 Å². The molecule has 4 aromatic rings. The molecule has 0 atom stereocenters. The van der Waals surface area contributed by atoms with Gasteiger partial charge < -0.3 is 5.32 Å². The topological polar surface area (TPSA) is 59.8 Å². The van der Waals surface area contributed by atoms with Crippen molar-refractivity contribution in [1.82, 2.24) is 14.8 Å². The van der Waals surface area contributed by atoms with Gasteiger partial charge in [0.1, 0.15) is 11.6 Å². The van der Waals surface area contributed by atoms with Gasteiger partial charge in [-0.3, -0.25) is 4.79 Å². The van der Waals surface area contributed by atoms with Crippen molar-refractivity contribution < 1.29 is 9.18 Å². The number of anilines is 1. The highest BCUT2D eigenvalue weighted by Gasteiger charge is 2.15. The third kappa shape index (κ3) is 4.77. The van der Waals surface area contributed by atoms with Crippen LogP contribution in [0.15, 0.2) is 53.4 Å². The van der Waals surface area contributed by atoms with Crippen LogP contribution in [-0.2, 0) is 4.79 Å². The zero-order valence-corrected chi connectivity index (χ0v) is 17.7. The molecular formula is C20H16ClFN4OS2. The predicted molar refractivity (Wildman–Crippen MR) is 117 cm³/mol. The molecule has 1 amide bonds. The number of rotatable bonds is 6. The minimum absolute atomic E-state index is 0.111. The number of carbonyl (C=O) groups excluding carboxylic acids is 1. The van der Waals surface area contributed by atoms with Crippen LogP contribution in [0.4, 0.5) is 10.2 Å². The molecule has 2 aromatic carbocycles. The molecule has 29 heavy (non-hydrogen) atoms. The molecule has 0 aliphatic carbocycles. The molecule has 0 saturated carbocycles. The first kappa shape index (κ1) is 19.9. The Morgan fingerprint density at radius 1 is 1.24 bits per heavy atom. The largest absolute Gasteiger partial charge is 0.310 e. The van der Waals surface area contributed by atoms with E-state index in [1.54, 1.807) is 28.6 Å². The average Bonchev–Trinajstić information content (AvgIpc) is 3.25. The second-order valence-electron chi connectivity index (χ2n) is 6.29. The quantitative estimate of drug-likeness (QED) is 0.386. The first-order valence-corrected chi connectivity index (χ1v) is 11.0. The van der Waals surface area contributed by atoms with Gasteiger partial charge in [-0.1, -0.05) is 22.9 Å². The highest BCUT2D eigenvalue weighted by atomic mass is 35.5. The number of benzene rings is 2. The maximum atomic E-state index is 13.5. The number of hydrogen-bond donors (Lipinski definition) is 1. The van der Waals surface area contributed by atoms with Crippen molar-refractivity contribution in [2.24, 2.45) is 0 Å². The minimum atomic E-state index is -0.309. The van der Waals surface area contributed by atoms with E-state index in [1.807, 2.05) is 31.2 Å². The number of thiazole rings is 1. The summed E-state index contributed by atoms with van der Waals surface area (Å²) in [6.07, 6.45) is 0.350. The van der Waals surface area contributed by atoms with Crippen LogP contribution in [0.2, 0.25) is 5.02 Å². The lowest BCUT2D eigenvalue weighted by Crippen LogP contribution is -2.15. The number of fused-ring (bicyclic) bond motifs is 1. The molecule has 0 aliphatic rings. The van der Waals surface area contributed by atoms with Crippen LogP contribution in [0.5, 0.6) is 0 Å². The number of nitrogens with zero attached hydrogens (tertiary/aromatic N) is 3. The minimum Gasteiger partial charge on any atom is -0.310 e. The second-order valence-corrected chi connectivity index (χ2v) is 8.91. The first-order valence-electron chi connectivity index (χ1n) is 8.79. The molecule has 148 valence electrons. The third-order valence-electron chi connectivity index (χ3n) is 4.03. The highest BCUT2D eigenvalue weighted by molar-refractivity contribution is 7.99. The lowest BCUT2D eigenvalue weighted by molar-refractivity contribution is -0.115. The maximum absolute atomic E-state index is 13.5. The van der Waals surface area contributed by atoms with Gasteiger partial charge in [-0.25, -0.2) is 9.37 Å². The van der Waals surface area contributed by atoms with Crippen molar-refractivity contribution in [3.05, 3.63) is 65.1 Å². The maximum Gasteiger partial charge on any atom is 0.226 e. The molecule has 5 nitrogen and oxygen atoms in total. The number of carbonyl (C=O) groups is 1. The van der Waals surface area contributed by atoms with E-state index in [2.05, 4.69) is 15.4 Å². The van der Waals surface area contributed by atoms with E-state index in [-0.39, 0.29) is 11.7 Å². The van der Waals surface area contributed by atoms with Gasteiger partial charge in [0.2, 0.25) is 11.0 Å². The predicted octanol–water partition coefficient (Wildman–Crippen LogP) is 5.70. The Balaban J connectivity index is 1.44. The van der Waals surface area contributed by atoms with Crippen LogP contribution in [0.25, 0.3) is 15.3 Å². The molecule has 0 radical (unpaired) electrons. The van der Waals surface area contributed by atoms with E-state index in [0.29, 0.717) is 33.7 Å². The SMILES string of the molecule is Cc1cc(NC(=O)CCSc2ccc(Cl)cc2)n(-c2nc3ccc(F)cc3s2)n1. The number of aromatic nitrogens is 3. The average molecular weight is 447 g/mol. The van der Waals surface area contributed by atoms with E-state index in [9.17, 15) is 9.18 Å². The monoisotopic (exact) mass is 446 g/mol. The van der Waals surface area contributed by atoms with Gasteiger partial charge in [0.15, 0.2) is 0 Å². The van der Waals surface area contributed by atoms with Crippen molar-refractivity contribution in [3.8, 4) is 5.13 Å². The van der Waals surface area contributed by atoms with E-state index in [4.69, 9.17) is 11.6 Å². The molecule has 2 aromatic heterocycles. The van der Waals surface area contributed by atoms with Crippen LogP contribution in [0, 0.1) is 12.7 Å². The van der Waals surface area contributed by atoms with Crippen LogP contribution >= 0.6 is 34.7 Å². The number of halogens is 2. The number of nitrogens with one attached hydrogen (secondary N) is 1. The van der Waals surface area contributed by atoms with Gasteiger partial charge in [0.25, 0.3) is 0 Å². The zero-order chi connectivity index (χ0) is 20.4. The number of amides is 1. The summed E-state index contributed by atoms with van der Waals surface area (Å²) in [6, 6.07) is 13.8. The summed E-state index contributed by atoms with van der Waals surface area (Å²) in [5.41, 5.74) is 1.44. The van der Waals surface area contributed by atoms with Crippen molar-refractivity contribution in [2.45, 2.75) is 18.2 Å². The summed E-state index contributed by atoms with van der Waals surface area (Å²) in [5, 5.41) is 8.59. The molecule has 0 unspecified atom stereocenters. The first-order chi connectivity index (χ1) is 14.0. The normalized spacial score (nSPS) is 11.1. The van der Waals surface area contributed by atoms with E-state index in [1.165, 1.54) is 23.5 Å². The van der Waals surface area contributed by atoms with E-state index >= 15 is 0 Å². The lowest BCUT2D eigenvalue weighted by atomic mass is 10.3. The van der Waals surface area contributed by atoms with Gasteiger partial charge in [-0.2, -0.15) is 9.78 Å². The Morgan fingerprint density at radius 2 is 2.03 bits per heavy atom. The van der Waals surface area contributed by atoms with Crippen LogP contribution < -0.4 is 5.32 Å². The van der Waals surface area contributed by atoms with Crippen LogP contribution in [0.1, 0.15) is 12.1 Å². The van der Waals surface area contributed by atoms with E-state index < -0.39 is 0 Å². The Hall–Kier alpha value is -2.42. The van der Waals surface area contributed by atoms with Crippen molar-refractivity contribution in [1.29, 1.82) is 0 Å². The standard InChI is InChI=1S/C20H16ClFN4OS2/c1-12-10-18(24-19(27)8-9-28-15-5-2-13(21)3-6-15)26(25-12)20-23-16-7-4-14(22)11-17(16)29-20/h2-7,10-11H,8-9H2,1H3,(H,24,27). The molecule has 0 spiro atoms. The molecule has 9 heteroatoms. The molecule has 0 aliphatic heterocycles. The Kier molecular flexibility index (Phi) is 5.84. The van der Waals surface area contributed by atoms with Gasteiger partial charge >= 0.3 is 0 Å². The summed E-state index contributed by atoms with van der Waals surface area (Å²) in [7, 11) is 0. The molecule has 1 N–H and O–H groups in total. The van der Waals surface area contributed by atoms with Crippen molar-refractivity contribution >= 4 is 56.6 Å². The van der Waals surface area contributed by atoms with Crippen molar-refractivity contribution in [3.63, 3.8) is 0 Å². The highest BCUT2D eigenvalue weighted by Crippen LogP contribution is 2.28. The second kappa shape index (κ2) is 8.52. The van der Waals surface area contributed by atoms with Crippen LogP contribution in [0.3, 0.4) is 0 Å². The van der Waals surface area contributed by atoms with Gasteiger partial charge in [0.05, 0.1) is 15.9 Å². The van der Waals surface area contributed by atoms with Gasteiger partial charge in [-0.15, -0.1) is 11.8 Å². The summed E-state index contributed by atoms with van der Waals surface area (Å²) < 4.78 is 15.8. The summed E-state index contributed by atoms with van der Waals surface area (Å²) >= 11 is 8.79. The molecule has 0 bridgehead atoms. The fourth-order valence-corrected chi connectivity index (χ4v) is 4.64. The molecule has 0 fully saturated rings. The third-order valence-corrected chi connectivity index (χ3v) is 6.29. The molecule has 4 rings (SSSR count). The molecule has 0 saturated heterocycles. The number of hydrogen-bond acceptors (Lipinski definition) is 5. The van der Waals surface area contributed by atoms with Crippen LogP contribution in [-0.4, -0.2) is 26.4 Å². The number of thioether (sulfide) groups is 1. The van der Waals surface area contributed by atoms with E-state index in [0.717, 1.165) is 15.3 Å². The fraction of sp³-hybridized carbons (Fsp3) is 0.150. The number of aryl methyl sites for hydroxylation is 1. The molecular weight excluding hydrogens is 431 g/mol. The lowest BCUT2D eigenvalue weighted by Gasteiger charge is -2.06. The zero-order valence-electron chi connectivity index (χ0n) is 15.4. The smallest absolute Gasteiger partial charge is 0.226 e. The molecule has 2 heterocycles. The van der Waals surface area contributed by atoms with Gasteiger partial charge in [0, 0.05) is 28.2 Å². The summed E-state index contributed by atoms with van der Waals surface area (Å²) in [6.45, 7) is 1.84. The summed E-state index contributed by atoms with van der Waals surface area (Å²) in [4.78, 5) is 18.0. The Bertz CT molecular complexity index is 1170. The fourth-order valence-electron chi connectivity index (χ4n) is 2.71.